The van der Waals surface area contributed by atoms with Gasteiger partial charge in [-0.3, -0.25) is 24.0 Å². The van der Waals surface area contributed by atoms with Crippen LogP contribution in [0.4, 0.5) is 0 Å². The van der Waals surface area contributed by atoms with Crippen molar-refractivity contribution < 1.29 is 77.9 Å². The van der Waals surface area contributed by atoms with E-state index in [-0.39, 0.29) is 88.2 Å². The summed E-state index contributed by atoms with van der Waals surface area (Å²) in [6, 6.07) is 76.7. The Morgan fingerprint density at radius 3 is 0.578 bits per heavy atom. The number of hydrogen-bond donors (Lipinski definition) is 5. The van der Waals surface area contributed by atoms with Crippen molar-refractivity contribution >= 4 is 87.7 Å². The van der Waals surface area contributed by atoms with E-state index in [2.05, 4.69) is 0 Å². The van der Waals surface area contributed by atoms with Gasteiger partial charge in [0.05, 0.1) is 75.7 Å². The van der Waals surface area contributed by atoms with Gasteiger partial charge in [0.2, 0.25) is 0 Å². The first-order valence-electron chi connectivity index (χ1n) is 38.1. The summed E-state index contributed by atoms with van der Waals surface area (Å²) in [6.45, 7) is 8.45. The number of ketones is 5. The van der Waals surface area contributed by atoms with Gasteiger partial charge in [0.15, 0.2) is 28.9 Å². The third-order valence-corrected chi connectivity index (χ3v) is 24.4. The monoisotopic (exact) mass is 1670 g/mol. The summed E-state index contributed by atoms with van der Waals surface area (Å²) in [4.78, 5) is 62.9. The molecule has 5 N–H and O–H groups in total. The molecule has 0 saturated heterocycles. The molecule has 0 fully saturated rings. The Bertz CT molecular complexity index is 4080. The van der Waals surface area contributed by atoms with Gasteiger partial charge in [0.25, 0.3) is 0 Å². The molecular weight excluding hydrogens is 1560 g/mol. The molecule has 0 amide bonds. The van der Waals surface area contributed by atoms with E-state index in [0.717, 1.165) is 101 Å². The molecular formula is C95H110O16S5. The number of thioether (sulfide) groups is 5. The Balaban J connectivity index is 0.000000225. The van der Waals surface area contributed by atoms with Crippen molar-refractivity contribution in [1.82, 2.24) is 0 Å². The number of hydrogen-bond acceptors (Lipinski definition) is 21. The second kappa shape index (κ2) is 54.0. The molecule has 616 valence electrons. The molecule has 0 radical (unpaired) electrons. The molecule has 10 rings (SSSR count). The maximum absolute atomic E-state index is 12.6. The lowest BCUT2D eigenvalue weighted by atomic mass is 10.0. The summed E-state index contributed by atoms with van der Waals surface area (Å²) in [5, 5.41) is 45.6. The van der Waals surface area contributed by atoms with E-state index in [0.29, 0.717) is 72.2 Å². The lowest BCUT2D eigenvalue weighted by molar-refractivity contribution is 0.0973. The number of aryl methyl sites for hydroxylation is 4. The fourth-order valence-electron chi connectivity index (χ4n) is 11.9. The number of aliphatic hydroxyl groups excluding tert-OH is 5. The van der Waals surface area contributed by atoms with Crippen molar-refractivity contribution in [2.24, 2.45) is 0 Å². The van der Waals surface area contributed by atoms with E-state index >= 15 is 0 Å². The molecule has 5 unspecified atom stereocenters. The van der Waals surface area contributed by atoms with Gasteiger partial charge in [-0.2, -0.15) is 58.8 Å². The first-order valence-corrected chi connectivity index (χ1v) is 43.4. The molecule has 0 bridgehead atoms. The molecule has 0 spiro atoms. The third-order valence-electron chi connectivity index (χ3n) is 18.1. The average molecular weight is 1670 g/mol. The van der Waals surface area contributed by atoms with Crippen molar-refractivity contribution in [3.8, 4) is 34.5 Å². The first kappa shape index (κ1) is 95.7. The second-order valence-electron chi connectivity index (χ2n) is 26.6. The first-order chi connectivity index (χ1) is 56.2. The number of carbonyl (C=O) groups excluding carboxylic acids is 5. The standard InChI is InChI=1S/C19H22O4S.4C19H22O3S/c1-22-16-8-6-14(7-9-16)19(24-11-10-20)13-18(21)15-4-3-5-17(12-15)23-2;4*1-14-4-3-5-16(12-14)18(21)13-19(23-11-10-20)15-6-8-17(22-2)9-7-15/h3-9,12,19-20H,10-11,13H2,1-2H3;4*3-9,12,19-20H,10-11,13H2,1-2H3. The highest BCUT2D eigenvalue weighted by molar-refractivity contribution is 8.00. The SMILES string of the molecule is COc1ccc(C(CC(=O)c2cccc(C)c2)SCCO)cc1.COc1ccc(C(CC(=O)c2cccc(C)c2)SCCO)cc1.COc1ccc(C(CC(=O)c2cccc(C)c2)SCCO)cc1.COc1ccc(C(CC(=O)c2cccc(C)c2)SCCO)cc1.COc1ccc(C(CC(=O)c2cccc(OC)c2)SCCO)cc1. The highest BCUT2D eigenvalue weighted by atomic mass is 32.2. The van der Waals surface area contributed by atoms with Crippen molar-refractivity contribution in [3.63, 3.8) is 0 Å². The Morgan fingerprint density at radius 2 is 0.414 bits per heavy atom. The maximum atomic E-state index is 12.6. The number of aliphatic hydroxyl groups is 5. The zero-order valence-corrected chi connectivity index (χ0v) is 71.9. The predicted molar refractivity (Wildman–Crippen MR) is 479 cm³/mol. The Kier molecular flexibility index (Phi) is 44.6. The van der Waals surface area contributed by atoms with Crippen LogP contribution in [-0.2, 0) is 0 Å². The van der Waals surface area contributed by atoms with Gasteiger partial charge >= 0.3 is 0 Å². The van der Waals surface area contributed by atoms with Crippen LogP contribution in [0.3, 0.4) is 0 Å². The topological polar surface area (TPSA) is 242 Å². The minimum absolute atomic E-state index is 0.0123. The molecule has 0 aliphatic heterocycles. The fraction of sp³-hybridized carbons (Fsp3) is 0.316. The van der Waals surface area contributed by atoms with Gasteiger partial charge in [-0.25, -0.2) is 0 Å². The van der Waals surface area contributed by atoms with Gasteiger partial charge in [-0.1, -0.05) is 168 Å². The number of methoxy groups -OCH3 is 6. The van der Waals surface area contributed by atoms with E-state index < -0.39 is 0 Å². The summed E-state index contributed by atoms with van der Waals surface area (Å²) in [5.41, 5.74) is 13.3. The Morgan fingerprint density at radius 1 is 0.241 bits per heavy atom. The number of ether oxygens (including phenoxy) is 6. The minimum Gasteiger partial charge on any atom is -0.497 e. The fourth-order valence-corrected chi connectivity index (χ4v) is 17.0. The van der Waals surface area contributed by atoms with E-state index in [1.807, 2.05) is 258 Å². The van der Waals surface area contributed by atoms with Gasteiger partial charge in [-0.05, 0) is 153 Å². The van der Waals surface area contributed by atoms with Gasteiger partial charge in [0, 0.05) is 115 Å². The van der Waals surface area contributed by atoms with Crippen LogP contribution in [0.25, 0.3) is 0 Å². The summed E-state index contributed by atoms with van der Waals surface area (Å²) in [6.07, 6.45) is 2.03. The van der Waals surface area contributed by atoms with Crippen molar-refractivity contribution in [2.45, 2.75) is 86.0 Å². The van der Waals surface area contributed by atoms with Crippen LogP contribution in [0.5, 0.6) is 34.5 Å². The average Bonchev–Trinajstić information content (AvgIpc) is 0.866. The molecule has 0 heterocycles. The number of rotatable bonds is 41. The van der Waals surface area contributed by atoms with Crippen LogP contribution >= 0.6 is 58.8 Å². The highest BCUT2D eigenvalue weighted by Crippen LogP contribution is 2.40. The normalized spacial score (nSPS) is 11.9. The lowest BCUT2D eigenvalue weighted by Gasteiger charge is -2.16. The minimum atomic E-state index is -0.0123. The summed E-state index contributed by atoms with van der Waals surface area (Å²) in [5.74, 6) is 8.21. The van der Waals surface area contributed by atoms with Gasteiger partial charge in [0.1, 0.15) is 34.5 Å². The smallest absolute Gasteiger partial charge is 0.164 e. The summed E-state index contributed by atoms with van der Waals surface area (Å²) in [7, 11) is 9.74. The van der Waals surface area contributed by atoms with Crippen LogP contribution in [0.2, 0.25) is 0 Å². The lowest BCUT2D eigenvalue weighted by Crippen LogP contribution is -2.07. The third kappa shape index (κ3) is 33.9. The molecule has 16 nitrogen and oxygen atoms in total. The van der Waals surface area contributed by atoms with Crippen molar-refractivity contribution in [2.75, 3.05) is 104 Å². The number of Topliss-reactive ketones (excluding diaryl/α,β-unsaturated/α-hetero) is 5. The second-order valence-corrected chi connectivity index (χ2v) is 33.2. The Hall–Kier alpha value is -9.10. The summed E-state index contributed by atoms with van der Waals surface area (Å²) >= 11 is 7.99. The quantitative estimate of drug-likeness (QED) is 0.0224. The van der Waals surface area contributed by atoms with E-state index in [1.165, 1.54) is 0 Å². The van der Waals surface area contributed by atoms with Crippen molar-refractivity contribution in [1.29, 1.82) is 0 Å². The maximum Gasteiger partial charge on any atom is 0.164 e. The van der Waals surface area contributed by atoms with E-state index in [4.69, 9.17) is 54.0 Å². The highest BCUT2D eigenvalue weighted by Gasteiger charge is 2.24. The molecule has 0 saturated carbocycles. The van der Waals surface area contributed by atoms with Crippen LogP contribution < -0.4 is 28.4 Å². The molecule has 10 aromatic rings. The van der Waals surface area contributed by atoms with Crippen molar-refractivity contribution in [3.05, 3.63) is 321 Å². The molecule has 0 aliphatic rings. The van der Waals surface area contributed by atoms with E-state index in [1.54, 1.807) is 114 Å². The molecule has 10 aromatic carbocycles. The predicted octanol–water partition coefficient (Wildman–Crippen LogP) is 19.9. The zero-order valence-electron chi connectivity index (χ0n) is 67.9. The van der Waals surface area contributed by atoms with E-state index in [9.17, 15) is 24.0 Å². The van der Waals surface area contributed by atoms with Crippen LogP contribution in [-0.4, -0.2) is 159 Å². The Labute approximate surface area is 706 Å². The number of carbonyl (C=O) groups is 5. The molecule has 5 atom stereocenters. The van der Waals surface area contributed by atoms with Crippen LogP contribution in [0.15, 0.2) is 243 Å². The van der Waals surface area contributed by atoms with Crippen LogP contribution in [0, 0.1) is 27.7 Å². The molecule has 21 heteroatoms. The molecule has 116 heavy (non-hydrogen) atoms. The largest absolute Gasteiger partial charge is 0.497 e. The zero-order chi connectivity index (χ0) is 84.0. The molecule has 0 aromatic heterocycles. The molecule has 0 aliphatic carbocycles. The van der Waals surface area contributed by atoms with Crippen LogP contribution in [0.1, 0.15) is 160 Å². The summed E-state index contributed by atoms with van der Waals surface area (Å²) < 4.78 is 31.1. The van der Waals surface area contributed by atoms with Gasteiger partial charge in [-0.15, -0.1) is 0 Å². The number of benzene rings is 10. The van der Waals surface area contributed by atoms with Gasteiger partial charge < -0.3 is 54.0 Å².